The van der Waals surface area contributed by atoms with Crippen molar-refractivity contribution in [3.8, 4) is 0 Å². The van der Waals surface area contributed by atoms with Crippen molar-refractivity contribution in [1.82, 2.24) is 9.88 Å². The molecule has 0 spiro atoms. The van der Waals surface area contributed by atoms with Gasteiger partial charge in [-0.25, -0.2) is 4.79 Å². The number of nitrogens with zero attached hydrogens (tertiary/aromatic N) is 2. The van der Waals surface area contributed by atoms with Crippen LogP contribution in [-0.2, 0) is 12.6 Å². The third-order valence-corrected chi connectivity index (χ3v) is 5.01. The van der Waals surface area contributed by atoms with Crippen molar-refractivity contribution >= 4 is 11.7 Å². The first-order valence-corrected chi connectivity index (χ1v) is 9.16. The summed E-state index contributed by atoms with van der Waals surface area (Å²) < 4.78 is 38.9. The summed E-state index contributed by atoms with van der Waals surface area (Å²) in [6, 6.07) is 15.4. The van der Waals surface area contributed by atoms with Gasteiger partial charge in [-0.05, 0) is 47.4 Å². The molecule has 1 aliphatic rings. The second kappa shape index (κ2) is 7.58. The second-order valence-corrected chi connectivity index (χ2v) is 6.84. The van der Waals surface area contributed by atoms with Gasteiger partial charge in [0.2, 0.25) is 0 Å². The molecule has 4 nitrogen and oxygen atoms in total. The highest BCUT2D eigenvalue weighted by atomic mass is 19.4. The first-order valence-electron chi connectivity index (χ1n) is 9.16. The van der Waals surface area contributed by atoms with Gasteiger partial charge in [0.25, 0.3) is 0 Å². The van der Waals surface area contributed by atoms with Crippen LogP contribution in [0.15, 0.2) is 73.1 Å². The summed E-state index contributed by atoms with van der Waals surface area (Å²) in [5.74, 6) is 0. The van der Waals surface area contributed by atoms with E-state index >= 15 is 0 Å². The Morgan fingerprint density at radius 3 is 2.48 bits per heavy atom. The van der Waals surface area contributed by atoms with Gasteiger partial charge in [0.05, 0.1) is 23.5 Å². The van der Waals surface area contributed by atoms with Crippen molar-refractivity contribution in [2.24, 2.45) is 0 Å². The van der Waals surface area contributed by atoms with Crippen LogP contribution in [0, 0.1) is 0 Å². The van der Waals surface area contributed by atoms with Gasteiger partial charge in [-0.15, -0.1) is 0 Å². The first kappa shape index (κ1) is 19.0. The summed E-state index contributed by atoms with van der Waals surface area (Å²) in [5.41, 5.74) is 2.48. The van der Waals surface area contributed by atoms with Crippen LogP contribution in [0.4, 0.5) is 23.7 Å². The van der Waals surface area contributed by atoms with Gasteiger partial charge in [-0.2, -0.15) is 13.2 Å². The Morgan fingerprint density at radius 1 is 1.03 bits per heavy atom. The van der Waals surface area contributed by atoms with Gasteiger partial charge in [-0.3, -0.25) is 4.98 Å². The number of alkyl halides is 3. The number of aromatic nitrogens is 1. The number of hydrogen-bond acceptors (Lipinski definition) is 2. The van der Waals surface area contributed by atoms with Crippen LogP contribution in [0.5, 0.6) is 0 Å². The van der Waals surface area contributed by atoms with E-state index < -0.39 is 17.8 Å². The predicted molar refractivity (Wildman–Crippen MR) is 103 cm³/mol. The minimum Gasteiger partial charge on any atom is -0.313 e. The van der Waals surface area contributed by atoms with Crippen molar-refractivity contribution in [2.45, 2.75) is 18.6 Å². The van der Waals surface area contributed by atoms with E-state index in [9.17, 15) is 18.0 Å². The lowest BCUT2D eigenvalue weighted by atomic mass is 9.88. The zero-order valence-electron chi connectivity index (χ0n) is 15.4. The third kappa shape index (κ3) is 3.94. The van der Waals surface area contributed by atoms with Gasteiger partial charge in [-0.1, -0.05) is 36.4 Å². The highest BCUT2D eigenvalue weighted by molar-refractivity contribution is 5.90. The maximum Gasteiger partial charge on any atom is 0.416 e. The minimum atomic E-state index is -4.40. The normalized spacial score (nSPS) is 16.2. The van der Waals surface area contributed by atoms with Crippen molar-refractivity contribution in [3.05, 3.63) is 95.3 Å². The molecule has 0 aliphatic carbocycles. The molecule has 1 N–H and O–H groups in total. The van der Waals surface area contributed by atoms with E-state index in [1.54, 1.807) is 29.4 Å². The smallest absolute Gasteiger partial charge is 0.313 e. The molecule has 0 saturated heterocycles. The van der Waals surface area contributed by atoms with E-state index in [0.29, 0.717) is 24.2 Å². The third-order valence-electron chi connectivity index (χ3n) is 5.01. The number of pyridine rings is 1. The van der Waals surface area contributed by atoms with Crippen LogP contribution in [0.2, 0.25) is 0 Å². The standard InChI is InChI=1S/C22H18F3N3O/c23-22(24,25)17-9-7-16(8-10-17)20-19-6-2-1-4-15(19)11-13-28(20)21(29)27-18-5-3-12-26-14-18/h1-10,12,14,20H,11,13H2,(H,27,29)/t20-/m0/s1. The van der Waals surface area contributed by atoms with Crippen molar-refractivity contribution in [1.29, 1.82) is 0 Å². The summed E-state index contributed by atoms with van der Waals surface area (Å²) in [7, 11) is 0. The van der Waals surface area contributed by atoms with E-state index in [4.69, 9.17) is 0 Å². The molecule has 2 heterocycles. The van der Waals surface area contributed by atoms with Gasteiger partial charge in [0.1, 0.15) is 0 Å². The minimum absolute atomic E-state index is 0.322. The largest absolute Gasteiger partial charge is 0.416 e. The number of anilines is 1. The number of carbonyl (C=O) groups excluding carboxylic acids is 1. The van der Waals surface area contributed by atoms with Gasteiger partial charge >= 0.3 is 12.2 Å². The Balaban J connectivity index is 1.70. The lowest BCUT2D eigenvalue weighted by Gasteiger charge is -2.37. The van der Waals surface area contributed by atoms with Crippen molar-refractivity contribution in [2.75, 3.05) is 11.9 Å². The fourth-order valence-corrected chi connectivity index (χ4v) is 3.63. The quantitative estimate of drug-likeness (QED) is 0.639. The van der Waals surface area contributed by atoms with E-state index in [2.05, 4.69) is 10.3 Å². The fraction of sp³-hybridized carbons (Fsp3) is 0.182. The monoisotopic (exact) mass is 397 g/mol. The Bertz CT molecular complexity index is 1000. The fourth-order valence-electron chi connectivity index (χ4n) is 3.63. The van der Waals surface area contributed by atoms with Crippen LogP contribution >= 0.6 is 0 Å². The number of amides is 2. The number of benzene rings is 2. The number of urea groups is 1. The highest BCUT2D eigenvalue weighted by Crippen LogP contribution is 2.37. The molecule has 2 amide bonds. The van der Waals surface area contributed by atoms with Crippen LogP contribution in [0.1, 0.15) is 28.3 Å². The Kier molecular flexibility index (Phi) is 4.96. The van der Waals surface area contributed by atoms with Crippen molar-refractivity contribution < 1.29 is 18.0 Å². The van der Waals surface area contributed by atoms with Crippen molar-refractivity contribution in [3.63, 3.8) is 0 Å². The highest BCUT2D eigenvalue weighted by Gasteiger charge is 2.34. The van der Waals surface area contributed by atoms with E-state index in [0.717, 1.165) is 23.3 Å². The zero-order chi connectivity index (χ0) is 20.4. The maximum absolute atomic E-state index is 13.0. The average molecular weight is 397 g/mol. The summed E-state index contributed by atoms with van der Waals surface area (Å²) >= 11 is 0. The Hall–Kier alpha value is -3.35. The summed E-state index contributed by atoms with van der Waals surface area (Å²) in [6.07, 6.45) is -0.575. The Morgan fingerprint density at radius 2 is 1.79 bits per heavy atom. The summed E-state index contributed by atoms with van der Waals surface area (Å²) in [6.45, 7) is 0.453. The lowest BCUT2D eigenvalue weighted by molar-refractivity contribution is -0.137. The molecule has 3 aromatic rings. The number of nitrogens with one attached hydrogen (secondary N) is 1. The van der Waals surface area contributed by atoms with Crippen LogP contribution in [0.25, 0.3) is 0 Å². The van der Waals surface area contributed by atoms with E-state index in [1.165, 1.54) is 12.1 Å². The summed E-state index contributed by atoms with van der Waals surface area (Å²) in [4.78, 5) is 18.6. The summed E-state index contributed by atoms with van der Waals surface area (Å²) in [5, 5.41) is 2.82. The SMILES string of the molecule is O=C(Nc1cccnc1)N1CCc2ccccc2[C@@H]1c1ccc(C(F)(F)F)cc1. The molecule has 29 heavy (non-hydrogen) atoms. The predicted octanol–water partition coefficient (Wildman–Crippen LogP) is 5.28. The molecule has 148 valence electrons. The van der Waals surface area contributed by atoms with Crippen LogP contribution in [-0.4, -0.2) is 22.5 Å². The topological polar surface area (TPSA) is 45.2 Å². The molecular formula is C22H18F3N3O. The zero-order valence-corrected chi connectivity index (χ0v) is 15.4. The number of halogens is 3. The Labute approximate surface area is 166 Å². The molecule has 0 unspecified atom stereocenters. The molecule has 2 aromatic carbocycles. The number of hydrogen-bond donors (Lipinski definition) is 1. The molecule has 1 aromatic heterocycles. The lowest BCUT2D eigenvalue weighted by Crippen LogP contribution is -2.43. The number of carbonyl (C=O) groups is 1. The number of rotatable bonds is 2. The molecule has 4 rings (SSSR count). The average Bonchev–Trinajstić information content (AvgIpc) is 2.73. The van der Waals surface area contributed by atoms with Gasteiger partial charge in [0, 0.05) is 12.7 Å². The molecule has 0 bridgehead atoms. The van der Waals surface area contributed by atoms with E-state index in [-0.39, 0.29) is 6.03 Å². The molecule has 1 aliphatic heterocycles. The van der Waals surface area contributed by atoms with Gasteiger partial charge < -0.3 is 10.2 Å². The first-order chi connectivity index (χ1) is 13.9. The molecule has 0 radical (unpaired) electrons. The maximum atomic E-state index is 13.0. The molecule has 0 saturated carbocycles. The molecule has 7 heteroatoms. The molecular weight excluding hydrogens is 379 g/mol. The second-order valence-electron chi connectivity index (χ2n) is 6.84. The number of fused-ring (bicyclic) bond motifs is 1. The molecule has 0 fully saturated rings. The van der Waals surface area contributed by atoms with Crippen LogP contribution < -0.4 is 5.32 Å². The van der Waals surface area contributed by atoms with E-state index in [1.807, 2.05) is 24.3 Å². The van der Waals surface area contributed by atoms with Crippen LogP contribution in [0.3, 0.4) is 0 Å². The van der Waals surface area contributed by atoms with Gasteiger partial charge in [0.15, 0.2) is 0 Å². The molecule has 1 atom stereocenters.